The van der Waals surface area contributed by atoms with Crippen LogP contribution < -0.4 is 5.32 Å². The van der Waals surface area contributed by atoms with Crippen molar-refractivity contribution in [2.75, 3.05) is 6.61 Å². The Balaban J connectivity index is 1.72. The molecule has 3 rings (SSSR count). The number of aromatic nitrogens is 2. The molecule has 2 aromatic rings. The average molecular weight is 287 g/mol. The van der Waals surface area contributed by atoms with Crippen molar-refractivity contribution in [3.05, 3.63) is 35.8 Å². The lowest BCUT2D eigenvalue weighted by Gasteiger charge is -2.24. The second-order valence-electron chi connectivity index (χ2n) is 6.20. The molecule has 4 nitrogen and oxygen atoms in total. The molecule has 21 heavy (non-hydrogen) atoms. The monoisotopic (exact) mass is 287 g/mol. The Morgan fingerprint density at radius 1 is 1.33 bits per heavy atom. The minimum atomic E-state index is 0.296. The van der Waals surface area contributed by atoms with Crippen molar-refractivity contribution < 1.29 is 5.11 Å². The molecule has 0 radical (unpaired) electrons. The van der Waals surface area contributed by atoms with Gasteiger partial charge in [-0.15, -0.1) is 0 Å². The van der Waals surface area contributed by atoms with Gasteiger partial charge in [0, 0.05) is 25.4 Å². The van der Waals surface area contributed by atoms with Gasteiger partial charge >= 0.3 is 0 Å². The molecule has 0 saturated heterocycles. The highest BCUT2D eigenvalue weighted by atomic mass is 16.3. The number of nitrogens with zero attached hydrogens (tertiary/aromatic N) is 2. The summed E-state index contributed by atoms with van der Waals surface area (Å²) >= 11 is 0. The molecule has 114 valence electrons. The van der Waals surface area contributed by atoms with Crippen molar-refractivity contribution in [2.45, 2.75) is 51.6 Å². The number of nitrogens with one attached hydrogen (secondary N) is 1. The normalized spacial score (nSPS) is 23.3. The van der Waals surface area contributed by atoms with Crippen LogP contribution in [0.1, 0.15) is 43.4 Å². The lowest BCUT2D eigenvalue weighted by atomic mass is 9.95. The Kier molecular flexibility index (Phi) is 4.56. The first-order chi connectivity index (χ1) is 10.3. The first kappa shape index (κ1) is 14.5. The van der Waals surface area contributed by atoms with E-state index in [0.29, 0.717) is 18.6 Å². The molecule has 1 saturated carbocycles. The summed E-state index contributed by atoms with van der Waals surface area (Å²) in [7, 11) is 0. The van der Waals surface area contributed by atoms with E-state index in [9.17, 15) is 5.11 Å². The Morgan fingerprint density at radius 3 is 3.05 bits per heavy atom. The third-order valence-electron chi connectivity index (χ3n) is 4.75. The number of hydrogen-bond donors (Lipinski definition) is 2. The minimum Gasteiger partial charge on any atom is -0.396 e. The topological polar surface area (TPSA) is 49.6 Å². The van der Waals surface area contributed by atoms with Crippen LogP contribution in [-0.2, 0) is 6.54 Å². The summed E-state index contributed by atoms with van der Waals surface area (Å²) in [5.41, 5.74) is 3.43. The van der Waals surface area contributed by atoms with Gasteiger partial charge in [0.25, 0.3) is 0 Å². The molecule has 0 aliphatic heterocycles. The Morgan fingerprint density at radius 2 is 2.19 bits per heavy atom. The van der Waals surface area contributed by atoms with E-state index in [0.717, 1.165) is 18.6 Å². The number of fused-ring (bicyclic) bond motifs is 1. The van der Waals surface area contributed by atoms with E-state index in [4.69, 9.17) is 0 Å². The Hall–Kier alpha value is -1.39. The lowest BCUT2D eigenvalue weighted by molar-refractivity contribution is 0.180. The van der Waals surface area contributed by atoms with Crippen molar-refractivity contribution >= 4 is 5.65 Å². The average Bonchev–Trinajstić information content (AvgIpc) is 2.78. The number of aryl methyl sites for hydroxylation is 1. The number of aliphatic hydroxyl groups is 1. The summed E-state index contributed by atoms with van der Waals surface area (Å²) in [4.78, 5) is 4.51. The van der Waals surface area contributed by atoms with Gasteiger partial charge in [-0.2, -0.15) is 0 Å². The third kappa shape index (κ3) is 3.11. The largest absolute Gasteiger partial charge is 0.396 e. The molecular formula is C17H25N3O. The molecule has 2 N–H and O–H groups in total. The van der Waals surface area contributed by atoms with Crippen molar-refractivity contribution in [1.82, 2.24) is 14.7 Å². The SMILES string of the molecule is Cc1cccn2c(CNC3CCCCCC3CO)cnc12. The summed E-state index contributed by atoms with van der Waals surface area (Å²) in [5.74, 6) is 0.397. The van der Waals surface area contributed by atoms with Crippen molar-refractivity contribution in [3.8, 4) is 0 Å². The summed E-state index contributed by atoms with van der Waals surface area (Å²) < 4.78 is 2.16. The van der Waals surface area contributed by atoms with Gasteiger partial charge in [-0.3, -0.25) is 0 Å². The summed E-state index contributed by atoms with van der Waals surface area (Å²) in [6.45, 7) is 3.20. The first-order valence-electron chi connectivity index (χ1n) is 8.05. The maximum absolute atomic E-state index is 9.59. The highest BCUT2D eigenvalue weighted by Gasteiger charge is 2.22. The van der Waals surface area contributed by atoms with E-state index in [1.54, 1.807) is 0 Å². The maximum Gasteiger partial charge on any atom is 0.139 e. The molecule has 2 heterocycles. The predicted molar refractivity (Wildman–Crippen MR) is 84.2 cm³/mol. The second kappa shape index (κ2) is 6.58. The van der Waals surface area contributed by atoms with Crippen LogP contribution in [0.15, 0.2) is 24.5 Å². The molecule has 1 fully saturated rings. The predicted octanol–water partition coefficient (Wildman–Crippen LogP) is 2.67. The molecule has 0 spiro atoms. The molecule has 1 aliphatic carbocycles. The highest BCUT2D eigenvalue weighted by Crippen LogP contribution is 2.23. The number of hydrogen-bond acceptors (Lipinski definition) is 3. The van der Waals surface area contributed by atoms with Gasteiger partial charge in [0.1, 0.15) is 5.65 Å². The van der Waals surface area contributed by atoms with Crippen LogP contribution in [0.3, 0.4) is 0 Å². The standard InChI is InChI=1S/C17H25N3O/c1-13-6-5-9-20-15(11-19-17(13)20)10-18-16-8-4-2-3-7-14(16)12-21/h5-6,9,11,14,16,18,21H,2-4,7-8,10,12H2,1H3. The quantitative estimate of drug-likeness (QED) is 0.850. The molecule has 0 bridgehead atoms. The first-order valence-corrected chi connectivity index (χ1v) is 8.05. The third-order valence-corrected chi connectivity index (χ3v) is 4.75. The smallest absolute Gasteiger partial charge is 0.139 e. The molecular weight excluding hydrogens is 262 g/mol. The molecule has 1 aliphatic rings. The number of pyridine rings is 1. The lowest BCUT2D eigenvalue weighted by Crippen LogP contribution is -2.37. The van der Waals surface area contributed by atoms with Gasteiger partial charge in [-0.25, -0.2) is 4.98 Å². The van der Waals surface area contributed by atoms with Crippen LogP contribution in [0.5, 0.6) is 0 Å². The van der Waals surface area contributed by atoms with Gasteiger partial charge in [-0.05, 0) is 37.3 Å². The van der Waals surface area contributed by atoms with Gasteiger partial charge in [-0.1, -0.05) is 25.3 Å². The fourth-order valence-corrected chi connectivity index (χ4v) is 3.44. The van der Waals surface area contributed by atoms with Crippen LogP contribution in [0, 0.1) is 12.8 Å². The van der Waals surface area contributed by atoms with Crippen LogP contribution >= 0.6 is 0 Å². The molecule has 2 unspecified atom stereocenters. The summed E-state index contributed by atoms with van der Waals surface area (Å²) in [5, 5.41) is 13.3. The highest BCUT2D eigenvalue weighted by molar-refractivity contribution is 5.48. The van der Waals surface area contributed by atoms with Gasteiger partial charge < -0.3 is 14.8 Å². The van der Waals surface area contributed by atoms with Crippen molar-refractivity contribution in [1.29, 1.82) is 0 Å². The number of imidazole rings is 1. The summed E-state index contributed by atoms with van der Waals surface area (Å²) in [6, 6.07) is 4.58. The Labute approximate surface area is 126 Å². The maximum atomic E-state index is 9.59. The molecule has 0 amide bonds. The number of aliphatic hydroxyl groups excluding tert-OH is 1. The number of rotatable bonds is 4. The van der Waals surface area contributed by atoms with E-state index >= 15 is 0 Å². The summed E-state index contributed by atoms with van der Waals surface area (Å²) in [6.07, 6.45) is 10.1. The van der Waals surface area contributed by atoms with Crippen LogP contribution in [-0.4, -0.2) is 27.1 Å². The van der Waals surface area contributed by atoms with Crippen molar-refractivity contribution in [3.63, 3.8) is 0 Å². The van der Waals surface area contributed by atoms with E-state index in [1.807, 2.05) is 6.20 Å². The zero-order chi connectivity index (χ0) is 14.7. The fourth-order valence-electron chi connectivity index (χ4n) is 3.44. The second-order valence-corrected chi connectivity index (χ2v) is 6.20. The van der Waals surface area contributed by atoms with E-state index in [1.165, 1.54) is 36.9 Å². The molecule has 2 aromatic heterocycles. The van der Waals surface area contributed by atoms with Crippen LogP contribution in [0.2, 0.25) is 0 Å². The fraction of sp³-hybridized carbons (Fsp3) is 0.588. The van der Waals surface area contributed by atoms with Crippen LogP contribution in [0.4, 0.5) is 0 Å². The van der Waals surface area contributed by atoms with Crippen molar-refractivity contribution in [2.24, 2.45) is 5.92 Å². The van der Waals surface area contributed by atoms with E-state index in [-0.39, 0.29) is 0 Å². The van der Waals surface area contributed by atoms with Gasteiger partial charge in [0.05, 0.1) is 11.9 Å². The van der Waals surface area contributed by atoms with E-state index < -0.39 is 0 Å². The molecule has 2 atom stereocenters. The van der Waals surface area contributed by atoms with Gasteiger partial charge in [0.15, 0.2) is 0 Å². The Bertz CT molecular complexity index is 593. The van der Waals surface area contributed by atoms with Crippen LogP contribution in [0.25, 0.3) is 5.65 Å². The van der Waals surface area contributed by atoms with Gasteiger partial charge in [0.2, 0.25) is 0 Å². The van der Waals surface area contributed by atoms with E-state index in [2.05, 4.69) is 40.0 Å². The zero-order valence-corrected chi connectivity index (χ0v) is 12.8. The molecule has 4 heteroatoms. The molecule has 0 aromatic carbocycles. The zero-order valence-electron chi connectivity index (χ0n) is 12.8. The minimum absolute atomic E-state index is 0.296.